The molecule has 1 heterocycles. The molecule has 0 radical (unpaired) electrons. The van der Waals surface area contributed by atoms with Crippen LogP contribution in [0.5, 0.6) is 5.75 Å². The largest absolute Gasteiger partial charge is 0.508 e. The number of nitrogens with zero attached hydrogens (tertiary/aromatic N) is 3. The fourth-order valence-electron chi connectivity index (χ4n) is 4.60. The molecule has 0 spiro atoms. The lowest BCUT2D eigenvalue weighted by molar-refractivity contribution is -0.137. The Morgan fingerprint density at radius 2 is 1.61 bits per heavy atom. The fraction of sp³-hybridized carbons (Fsp3) is 0.286. The van der Waals surface area contributed by atoms with Gasteiger partial charge in [0.05, 0.1) is 23.1 Å². The Hall–Kier alpha value is -3.81. The molecule has 4 aromatic rings. The summed E-state index contributed by atoms with van der Waals surface area (Å²) in [6.45, 7) is 9.65. The monoisotopic (exact) mass is 495 g/mol. The third-order valence-corrected chi connectivity index (χ3v) is 6.25. The van der Waals surface area contributed by atoms with Crippen LogP contribution in [0.1, 0.15) is 52.3 Å². The van der Waals surface area contributed by atoms with Crippen LogP contribution in [-0.2, 0) is 12.7 Å². The molecular formula is C28H28F3N3O2. The number of carbonyl (C=O) groups is 1. The molecule has 36 heavy (non-hydrogen) atoms. The average molecular weight is 496 g/mol. The highest BCUT2D eigenvalue weighted by Crippen LogP contribution is 2.33. The van der Waals surface area contributed by atoms with Gasteiger partial charge in [0.15, 0.2) is 0 Å². The molecule has 0 saturated carbocycles. The van der Waals surface area contributed by atoms with Gasteiger partial charge in [-0.25, -0.2) is 4.98 Å². The Labute approximate surface area is 207 Å². The maximum absolute atomic E-state index is 13.7. The van der Waals surface area contributed by atoms with Crippen molar-refractivity contribution in [2.75, 3.05) is 0 Å². The zero-order valence-electron chi connectivity index (χ0n) is 20.8. The molecule has 1 amide bonds. The molecule has 0 atom stereocenters. The minimum absolute atomic E-state index is 0.0633. The Bertz CT molecular complexity index is 1410. The minimum atomic E-state index is -4.50. The molecule has 1 N–H and O–H groups in total. The van der Waals surface area contributed by atoms with E-state index in [1.165, 1.54) is 18.2 Å². The van der Waals surface area contributed by atoms with Crippen molar-refractivity contribution in [3.05, 3.63) is 88.2 Å². The number of aryl methyl sites for hydroxylation is 3. The second-order valence-electron chi connectivity index (χ2n) is 9.38. The van der Waals surface area contributed by atoms with Gasteiger partial charge in [0, 0.05) is 17.3 Å². The fourth-order valence-corrected chi connectivity index (χ4v) is 4.60. The van der Waals surface area contributed by atoms with Gasteiger partial charge in [0.25, 0.3) is 5.91 Å². The first-order valence-electron chi connectivity index (χ1n) is 11.6. The summed E-state index contributed by atoms with van der Waals surface area (Å²) < 4.78 is 41.9. The molecule has 0 aliphatic rings. The number of phenols is 1. The van der Waals surface area contributed by atoms with Gasteiger partial charge in [-0.1, -0.05) is 17.7 Å². The van der Waals surface area contributed by atoms with Crippen LogP contribution in [0.15, 0.2) is 54.6 Å². The van der Waals surface area contributed by atoms with E-state index in [4.69, 9.17) is 0 Å². The van der Waals surface area contributed by atoms with Crippen LogP contribution in [0.3, 0.4) is 0 Å². The third-order valence-electron chi connectivity index (χ3n) is 6.25. The Morgan fingerprint density at radius 3 is 2.17 bits per heavy atom. The number of amides is 1. The van der Waals surface area contributed by atoms with Crippen molar-refractivity contribution in [1.29, 1.82) is 0 Å². The Morgan fingerprint density at radius 1 is 1.00 bits per heavy atom. The first-order chi connectivity index (χ1) is 16.9. The summed E-state index contributed by atoms with van der Waals surface area (Å²) in [5, 5.41) is 9.75. The number of fused-ring (bicyclic) bond motifs is 1. The van der Waals surface area contributed by atoms with Gasteiger partial charge in [-0.15, -0.1) is 0 Å². The van der Waals surface area contributed by atoms with Crippen LogP contribution in [0.2, 0.25) is 0 Å². The number of phenolic OH excluding ortho intramolecular Hbond substituents is 1. The number of hydrogen-bond donors (Lipinski definition) is 1. The molecular weight excluding hydrogens is 467 g/mol. The predicted molar refractivity (Wildman–Crippen MR) is 133 cm³/mol. The summed E-state index contributed by atoms with van der Waals surface area (Å²) in [4.78, 5) is 20.0. The van der Waals surface area contributed by atoms with E-state index < -0.39 is 11.7 Å². The molecule has 0 bridgehead atoms. The molecule has 0 unspecified atom stereocenters. The van der Waals surface area contributed by atoms with Crippen LogP contribution in [0.25, 0.3) is 16.7 Å². The van der Waals surface area contributed by atoms with Crippen LogP contribution >= 0.6 is 0 Å². The summed E-state index contributed by atoms with van der Waals surface area (Å²) in [7, 11) is 0. The van der Waals surface area contributed by atoms with Gasteiger partial charge < -0.3 is 10.0 Å². The van der Waals surface area contributed by atoms with E-state index in [1.807, 2.05) is 46.8 Å². The maximum Gasteiger partial charge on any atom is 0.416 e. The second-order valence-corrected chi connectivity index (χ2v) is 9.38. The zero-order valence-corrected chi connectivity index (χ0v) is 20.8. The van der Waals surface area contributed by atoms with Gasteiger partial charge in [-0.05, 0) is 88.2 Å². The van der Waals surface area contributed by atoms with Crippen LogP contribution in [0, 0.1) is 20.8 Å². The number of aromatic hydroxyl groups is 1. The lowest BCUT2D eigenvalue weighted by atomic mass is 9.98. The standard InChI is InChI=1S/C28H28F3N3O2/c1-16(2)33(27(36)26-18(4)12-17(3)13-19(26)5)15-25-32-23-14-20(28(29,30)31)6-11-24(23)34(25)21-7-9-22(35)10-8-21/h6-14,16,35H,15H2,1-5H3. The van der Waals surface area contributed by atoms with E-state index in [0.29, 0.717) is 22.6 Å². The van der Waals surface area contributed by atoms with Gasteiger partial charge >= 0.3 is 6.18 Å². The molecule has 0 aliphatic heterocycles. The number of benzene rings is 3. The maximum atomic E-state index is 13.7. The third kappa shape index (κ3) is 4.80. The van der Waals surface area contributed by atoms with Crippen molar-refractivity contribution >= 4 is 16.9 Å². The quantitative estimate of drug-likeness (QED) is 0.334. The molecule has 8 heteroatoms. The normalized spacial score (nSPS) is 11.9. The molecule has 0 aliphatic carbocycles. The van der Waals surface area contributed by atoms with E-state index >= 15 is 0 Å². The van der Waals surface area contributed by atoms with Crippen molar-refractivity contribution in [3.8, 4) is 11.4 Å². The van der Waals surface area contributed by atoms with Crippen LogP contribution in [-0.4, -0.2) is 31.5 Å². The van der Waals surface area contributed by atoms with E-state index in [-0.39, 0.29) is 29.8 Å². The molecule has 0 fully saturated rings. The lowest BCUT2D eigenvalue weighted by Crippen LogP contribution is -2.38. The summed E-state index contributed by atoms with van der Waals surface area (Å²) in [6, 6.07) is 13.5. The van der Waals surface area contributed by atoms with Gasteiger partial charge in [0.1, 0.15) is 11.6 Å². The number of carbonyl (C=O) groups excluding carboxylic acids is 1. The highest BCUT2D eigenvalue weighted by Gasteiger charge is 2.32. The number of hydrogen-bond acceptors (Lipinski definition) is 3. The first kappa shape index (κ1) is 25.3. The summed E-state index contributed by atoms with van der Waals surface area (Å²) >= 11 is 0. The molecule has 5 nitrogen and oxygen atoms in total. The highest BCUT2D eigenvalue weighted by atomic mass is 19.4. The van der Waals surface area contributed by atoms with Crippen LogP contribution < -0.4 is 0 Å². The Kier molecular flexibility index (Phi) is 6.56. The summed E-state index contributed by atoms with van der Waals surface area (Å²) in [6.07, 6.45) is -4.50. The number of alkyl halides is 3. The molecule has 4 rings (SSSR count). The van der Waals surface area contributed by atoms with Gasteiger partial charge in [0.2, 0.25) is 0 Å². The topological polar surface area (TPSA) is 58.4 Å². The number of imidazole rings is 1. The number of halogens is 3. The highest BCUT2D eigenvalue weighted by molar-refractivity contribution is 5.97. The SMILES string of the molecule is Cc1cc(C)c(C(=O)N(Cc2nc3cc(C(F)(F)F)ccc3n2-c2ccc(O)cc2)C(C)C)c(C)c1. The smallest absolute Gasteiger partial charge is 0.416 e. The van der Waals surface area contributed by atoms with Crippen molar-refractivity contribution in [2.24, 2.45) is 0 Å². The van der Waals surface area contributed by atoms with Crippen molar-refractivity contribution in [3.63, 3.8) is 0 Å². The van der Waals surface area contributed by atoms with Crippen molar-refractivity contribution in [1.82, 2.24) is 14.5 Å². The number of rotatable bonds is 5. The first-order valence-corrected chi connectivity index (χ1v) is 11.6. The second kappa shape index (κ2) is 9.33. The predicted octanol–water partition coefficient (Wildman–Crippen LogP) is 6.73. The molecule has 188 valence electrons. The summed E-state index contributed by atoms with van der Waals surface area (Å²) in [5.41, 5.74) is 3.88. The average Bonchev–Trinajstić information content (AvgIpc) is 3.13. The van der Waals surface area contributed by atoms with Gasteiger partial charge in [-0.2, -0.15) is 13.2 Å². The zero-order chi connectivity index (χ0) is 26.4. The summed E-state index contributed by atoms with van der Waals surface area (Å²) in [5.74, 6) is 0.313. The number of aromatic nitrogens is 2. The Balaban J connectivity index is 1.86. The van der Waals surface area contributed by atoms with E-state index in [2.05, 4.69) is 4.98 Å². The molecule has 1 aromatic heterocycles. The van der Waals surface area contributed by atoms with Gasteiger partial charge in [-0.3, -0.25) is 9.36 Å². The minimum Gasteiger partial charge on any atom is -0.508 e. The van der Waals surface area contributed by atoms with E-state index in [0.717, 1.165) is 28.8 Å². The van der Waals surface area contributed by atoms with Crippen molar-refractivity contribution in [2.45, 2.75) is 53.4 Å². The van der Waals surface area contributed by atoms with Crippen molar-refractivity contribution < 1.29 is 23.1 Å². The van der Waals surface area contributed by atoms with E-state index in [1.54, 1.807) is 21.6 Å². The molecule has 3 aromatic carbocycles. The lowest BCUT2D eigenvalue weighted by Gasteiger charge is -2.28. The molecule has 0 saturated heterocycles. The van der Waals surface area contributed by atoms with Crippen LogP contribution in [0.4, 0.5) is 13.2 Å². The van der Waals surface area contributed by atoms with E-state index in [9.17, 15) is 23.1 Å².